The van der Waals surface area contributed by atoms with E-state index in [2.05, 4.69) is 0 Å². The van der Waals surface area contributed by atoms with E-state index in [-0.39, 0.29) is 29.6 Å². The van der Waals surface area contributed by atoms with Crippen molar-refractivity contribution in [3.05, 3.63) is 30.3 Å². The molecule has 0 N–H and O–H groups in total. The predicted octanol–water partition coefficient (Wildman–Crippen LogP) is 1.23. The second kappa shape index (κ2) is 6.46. The van der Waals surface area contributed by atoms with Gasteiger partial charge in [-0.2, -0.15) is 0 Å². The average molecular weight is 176 g/mol. The van der Waals surface area contributed by atoms with Crippen LogP contribution in [0.5, 0.6) is 0 Å². The van der Waals surface area contributed by atoms with E-state index in [1.54, 1.807) is 14.2 Å². The van der Waals surface area contributed by atoms with Crippen LogP contribution in [0.4, 0.5) is 5.69 Å². The normalized spacial score (nSPS) is 8.83. The average Bonchev–Trinajstić information content (AvgIpc) is 2.09. The number of hydrogen-bond donors (Lipinski definition) is 0. The van der Waals surface area contributed by atoms with Crippen molar-refractivity contribution < 1.29 is 9.68 Å². The maximum absolute atomic E-state index is 4.90. The van der Waals surface area contributed by atoms with Gasteiger partial charge in [-0.1, -0.05) is 18.2 Å². The summed E-state index contributed by atoms with van der Waals surface area (Å²) in [5.74, 6) is 0. The van der Waals surface area contributed by atoms with Crippen LogP contribution in [-0.4, -0.2) is 43.8 Å². The minimum Gasteiger partial charge on any atom is -0.252 e. The van der Waals surface area contributed by atoms with Crippen LogP contribution in [0.2, 0.25) is 0 Å². The number of rotatable bonds is 3. The van der Waals surface area contributed by atoms with E-state index in [4.69, 9.17) is 9.68 Å². The number of benzene rings is 1. The van der Waals surface area contributed by atoms with Crippen LogP contribution < -0.4 is 5.23 Å². The van der Waals surface area contributed by atoms with E-state index in [1.165, 1.54) is 5.23 Å². The van der Waals surface area contributed by atoms with Crippen LogP contribution in [0.3, 0.4) is 0 Å². The molecule has 0 aliphatic rings. The fourth-order valence-corrected chi connectivity index (χ4v) is 0.835. The van der Waals surface area contributed by atoms with Crippen LogP contribution >= 0.6 is 0 Å². The van der Waals surface area contributed by atoms with Crippen LogP contribution in [0.1, 0.15) is 0 Å². The molecule has 1 radical (unpaired) electrons. The Balaban J connectivity index is 0.00000121. The molecule has 3 nitrogen and oxygen atoms in total. The first kappa shape index (κ1) is 11.9. The molecule has 0 aromatic heterocycles. The van der Waals surface area contributed by atoms with Gasteiger partial charge in [-0.15, -0.1) is 5.23 Å². The summed E-state index contributed by atoms with van der Waals surface area (Å²) in [4.78, 5) is 9.79. The van der Waals surface area contributed by atoms with Gasteiger partial charge in [-0.25, -0.2) is 0 Å². The van der Waals surface area contributed by atoms with Crippen molar-refractivity contribution in [3.8, 4) is 0 Å². The Bertz CT molecular complexity index is 201. The maximum atomic E-state index is 4.90. The summed E-state index contributed by atoms with van der Waals surface area (Å²) in [5.41, 5.74) is 0.873. The molecule has 0 amide bonds. The Labute approximate surface area is 94.5 Å². The summed E-state index contributed by atoms with van der Waals surface area (Å²) in [6, 6.07) is 9.56. The molecule has 0 saturated carbocycles. The second-order valence-electron chi connectivity index (χ2n) is 1.96. The van der Waals surface area contributed by atoms with Gasteiger partial charge in [0.2, 0.25) is 0 Å². The molecule has 0 aliphatic heterocycles. The van der Waals surface area contributed by atoms with Gasteiger partial charge >= 0.3 is 0 Å². The van der Waals surface area contributed by atoms with Gasteiger partial charge in [0.25, 0.3) is 0 Å². The van der Waals surface area contributed by atoms with E-state index in [0.717, 1.165) is 5.69 Å². The summed E-state index contributed by atoms with van der Waals surface area (Å²) in [5, 5.41) is 1.33. The zero-order valence-corrected chi connectivity index (χ0v) is 9.65. The third-order valence-corrected chi connectivity index (χ3v) is 1.30. The molecular formula is C8H11NNaO2. The van der Waals surface area contributed by atoms with Gasteiger partial charge in [0.15, 0.2) is 0 Å². The van der Waals surface area contributed by atoms with Crippen molar-refractivity contribution >= 4 is 35.2 Å². The number of hydrogen-bond acceptors (Lipinski definition) is 3. The standard InChI is InChI=1S/C8H11NO2.Na/c1-10-9(11-2)8-6-4-3-5-7-8;/h3-7H,1-2H3;. The molecule has 0 bridgehead atoms. The molecule has 0 unspecified atom stereocenters. The molecule has 1 aromatic rings. The van der Waals surface area contributed by atoms with E-state index in [1.807, 2.05) is 30.3 Å². The predicted molar refractivity (Wildman–Crippen MR) is 48.7 cm³/mol. The first-order valence-corrected chi connectivity index (χ1v) is 3.32. The van der Waals surface area contributed by atoms with Crippen molar-refractivity contribution in [2.45, 2.75) is 0 Å². The minimum atomic E-state index is 0. The summed E-state index contributed by atoms with van der Waals surface area (Å²) in [6.07, 6.45) is 0. The topological polar surface area (TPSA) is 21.7 Å². The van der Waals surface area contributed by atoms with Gasteiger partial charge in [0.05, 0.1) is 19.9 Å². The largest absolute Gasteiger partial charge is 0.252 e. The first-order valence-electron chi connectivity index (χ1n) is 3.32. The number of nitrogens with zero attached hydrogens (tertiary/aromatic N) is 1. The van der Waals surface area contributed by atoms with E-state index in [9.17, 15) is 0 Å². The Morgan fingerprint density at radius 2 is 1.50 bits per heavy atom. The van der Waals surface area contributed by atoms with E-state index < -0.39 is 0 Å². The molecule has 0 fully saturated rings. The van der Waals surface area contributed by atoms with Crippen molar-refractivity contribution in [1.82, 2.24) is 0 Å². The van der Waals surface area contributed by atoms with Gasteiger partial charge in [-0.05, 0) is 12.1 Å². The first-order chi connectivity index (χ1) is 5.38. The molecule has 12 heavy (non-hydrogen) atoms. The van der Waals surface area contributed by atoms with Crippen molar-refractivity contribution in [2.75, 3.05) is 19.4 Å². The van der Waals surface area contributed by atoms with Crippen LogP contribution in [0, 0.1) is 0 Å². The van der Waals surface area contributed by atoms with Crippen molar-refractivity contribution in [2.24, 2.45) is 0 Å². The summed E-state index contributed by atoms with van der Waals surface area (Å²) < 4.78 is 0. The summed E-state index contributed by atoms with van der Waals surface area (Å²) in [6.45, 7) is 0. The van der Waals surface area contributed by atoms with Crippen molar-refractivity contribution in [3.63, 3.8) is 0 Å². The number of para-hydroxylation sites is 1. The minimum absolute atomic E-state index is 0. The molecule has 0 spiro atoms. The van der Waals surface area contributed by atoms with Crippen molar-refractivity contribution in [1.29, 1.82) is 0 Å². The van der Waals surface area contributed by atoms with Gasteiger partial charge in [-0.3, -0.25) is 9.68 Å². The van der Waals surface area contributed by atoms with E-state index in [0.29, 0.717) is 0 Å². The Kier molecular flexibility index (Phi) is 6.42. The third kappa shape index (κ3) is 3.13. The molecule has 0 heterocycles. The van der Waals surface area contributed by atoms with Crippen LogP contribution in [0.15, 0.2) is 30.3 Å². The Hall–Kier alpha value is -0.0600. The number of anilines is 1. The Morgan fingerprint density at radius 1 is 1.00 bits per heavy atom. The summed E-state index contributed by atoms with van der Waals surface area (Å²) >= 11 is 0. The smallest absolute Gasteiger partial charge is 0.0947 e. The Morgan fingerprint density at radius 3 is 1.92 bits per heavy atom. The van der Waals surface area contributed by atoms with Gasteiger partial charge < -0.3 is 0 Å². The molecule has 0 atom stereocenters. The molecule has 61 valence electrons. The molecule has 0 aliphatic carbocycles. The maximum Gasteiger partial charge on any atom is 0.0947 e. The third-order valence-electron chi connectivity index (χ3n) is 1.30. The zero-order valence-electron chi connectivity index (χ0n) is 7.65. The van der Waals surface area contributed by atoms with Crippen LogP contribution in [0.25, 0.3) is 0 Å². The molecule has 0 saturated heterocycles. The monoisotopic (exact) mass is 176 g/mol. The zero-order chi connectivity index (χ0) is 8.10. The fourth-order valence-electron chi connectivity index (χ4n) is 0.835. The SMILES string of the molecule is CON(OC)c1ccccc1.[Na]. The molecule has 1 aromatic carbocycles. The molecular weight excluding hydrogens is 165 g/mol. The second-order valence-corrected chi connectivity index (χ2v) is 1.96. The quantitative estimate of drug-likeness (QED) is 0.510. The van der Waals surface area contributed by atoms with Gasteiger partial charge in [0.1, 0.15) is 0 Å². The fraction of sp³-hybridized carbons (Fsp3) is 0.250. The molecule has 1 rings (SSSR count). The van der Waals surface area contributed by atoms with Crippen LogP contribution in [-0.2, 0) is 9.68 Å². The van der Waals surface area contributed by atoms with E-state index >= 15 is 0 Å². The van der Waals surface area contributed by atoms with Gasteiger partial charge in [0, 0.05) is 29.6 Å². The molecule has 4 heteroatoms. The summed E-state index contributed by atoms with van der Waals surface area (Å²) in [7, 11) is 3.10.